The molecule has 4 aromatic rings. The van der Waals surface area contributed by atoms with Crippen LogP contribution in [0.2, 0.25) is 0 Å². The first-order valence-corrected chi connectivity index (χ1v) is 9.88. The summed E-state index contributed by atoms with van der Waals surface area (Å²) < 4.78 is 0. The average molecular weight is 363 g/mol. The minimum atomic E-state index is 1.25. The van der Waals surface area contributed by atoms with Crippen LogP contribution in [-0.4, -0.2) is 0 Å². The van der Waals surface area contributed by atoms with E-state index in [0.29, 0.717) is 0 Å². The molecule has 0 heteroatoms. The largest absolute Gasteiger partial charge is 0.0617 e. The van der Waals surface area contributed by atoms with Gasteiger partial charge in [-0.25, -0.2) is 0 Å². The first kappa shape index (κ1) is 18.3. The summed E-state index contributed by atoms with van der Waals surface area (Å²) in [6.45, 7) is 8.73. The second-order valence-corrected chi connectivity index (χ2v) is 7.69. The van der Waals surface area contributed by atoms with Crippen molar-refractivity contribution < 1.29 is 0 Å². The van der Waals surface area contributed by atoms with E-state index >= 15 is 0 Å². The zero-order valence-corrected chi connectivity index (χ0v) is 17.1. The van der Waals surface area contributed by atoms with E-state index in [2.05, 4.69) is 113 Å². The standard InChI is InChI=1S/C28H26/c1-19-7-5-8-20(2)27(19)25-15-11-23(12-16-25)24-13-17-26(18-14-24)28-21(3)9-6-10-22(28)4/h5-18H,1-4H3. The van der Waals surface area contributed by atoms with Crippen molar-refractivity contribution in [3.63, 3.8) is 0 Å². The summed E-state index contributed by atoms with van der Waals surface area (Å²) in [6.07, 6.45) is 0. The molecule has 4 aromatic carbocycles. The fraction of sp³-hybridized carbons (Fsp3) is 0.143. The summed E-state index contributed by atoms with van der Waals surface area (Å²) in [5, 5.41) is 0. The van der Waals surface area contributed by atoms with E-state index in [1.54, 1.807) is 0 Å². The second-order valence-electron chi connectivity index (χ2n) is 7.69. The van der Waals surface area contributed by atoms with Gasteiger partial charge in [0.25, 0.3) is 0 Å². The molecule has 28 heavy (non-hydrogen) atoms. The summed E-state index contributed by atoms with van der Waals surface area (Å²) in [5.74, 6) is 0. The van der Waals surface area contributed by atoms with Gasteiger partial charge < -0.3 is 0 Å². The van der Waals surface area contributed by atoms with Crippen molar-refractivity contribution >= 4 is 0 Å². The summed E-state index contributed by atoms with van der Waals surface area (Å²) >= 11 is 0. The van der Waals surface area contributed by atoms with E-state index in [0.717, 1.165) is 0 Å². The molecule has 0 amide bonds. The lowest BCUT2D eigenvalue weighted by atomic mass is 9.92. The fourth-order valence-corrected chi connectivity index (χ4v) is 4.20. The van der Waals surface area contributed by atoms with E-state index in [1.165, 1.54) is 55.6 Å². The van der Waals surface area contributed by atoms with Crippen molar-refractivity contribution in [3.05, 3.63) is 107 Å². The molecule has 0 N–H and O–H groups in total. The Balaban J connectivity index is 1.65. The van der Waals surface area contributed by atoms with Crippen LogP contribution in [0, 0.1) is 27.7 Å². The average Bonchev–Trinajstić information content (AvgIpc) is 2.69. The maximum absolute atomic E-state index is 2.24. The van der Waals surface area contributed by atoms with Gasteiger partial charge in [-0.3, -0.25) is 0 Å². The second kappa shape index (κ2) is 7.48. The van der Waals surface area contributed by atoms with Crippen molar-refractivity contribution in [2.45, 2.75) is 27.7 Å². The SMILES string of the molecule is Cc1cccc(C)c1-c1ccc(-c2ccc(-c3c(C)cccc3C)cc2)cc1. The van der Waals surface area contributed by atoms with Crippen molar-refractivity contribution in [1.82, 2.24) is 0 Å². The van der Waals surface area contributed by atoms with Crippen LogP contribution in [0.4, 0.5) is 0 Å². The predicted molar refractivity (Wildman–Crippen MR) is 122 cm³/mol. The number of benzene rings is 4. The molecule has 0 aliphatic rings. The molecular weight excluding hydrogens is 336 g/mol. The molecule has 4 rings (SSSR count). The van der Waals surface area contributed by atoms with Crippen LogP contribution >= 0.6 is 0 Å². The van der Waals surface area contributed by atoms with Gasteiger partial charge in [0.05, 0.1) is 0 Å². The quantitative estimate of drug-likeness (QED) is 0.347. The van der Waals surface area contributed by atoms with Gasteiger partial charge >= 0.3 is 0 Å². The molecule has 0 radical (unpaired) electrons. The zero-order chi connectivity index (χ0) is 19.7. The van der Waals surface area contributed by atoms with E-state index in [1.807, 2.05) is 0 Å². The first-order chi connectivity index (χ1) is 13.5. The molecule has 0 unspecified atom stereocenters. The zero-order valence-electron chi connectivity index (χ0n) is 17.1. The van der Waals surface area contributed by atoms with Gasteiger partial charge in [0.2, 0.25) is 0 Å². The van der Waals surface area contributed by atoms with E-state index in [-0.39, 0.29) is 0 Å². The molecule has 0 fully saturated rings. The molecule has 0 heterocycles. The molecule has 0 bridgehead atoms. The summed E-state index contributed by atoms with van der Waals surface area (Å²) in [4.78, 5) is 0. The summed E-state index contributed by atoms with van der Waals surface area (Å²) in [6, 6.07) is 30.9. The number of rotatable bonds is 3. The normalized spacial score (nSPS) is 10.9. The molecule has 0 atom stereocenters. The Hall–Kier alpha value is -3.12. The Bertz CT molecular complexity index is 980. The maximum Gasteiger partial charge on any atom is -0.0125 e. The van der Waals surface area contributed by atoms with Crippen LogP contribution in [0.25, 0.3) is 33.4 Å². The minimum absolute atomic E-state index is 1.25. The third-order valence-corrected chi connectivity index (χ3v) is 5.64. The summed E-state index contributed by atoms with van der Waals surface area (Å²) in [7, 11) is 0. The topological polar surface area (TPSA) is 0 Å². The van der Waals surface area contributed by atoms with E-state index < -0.39 is 0 Å². The van der Waals surface area contributed by atoms with Gasteiger partial charge in [0, 0.05) is 0 Å². The molecule has 0 saturated heterocycles. The third kappa shape index (κ3) is 3.39. The third-order valence-electron chi connectivity index (χ3n) is 5.64. The lowest BCUT2D eigenvalue weighted by Gasteiger charge is -2.12. The van der Waals surface area contributed by atoms with Gasteiger partial charge in [0.15, 0.2) is 0 Å². The minimum Gasteiger partial charge on any atom is -0.0617 e. The molecule has 0 aliphatic carbocycles. The Morgan fingerprint density at radius 3 is 0.857 bits per heavy atom. The summed E-state index contributed by atoms with van der Waals surface area (Å²) in [5.41, 5.74) is 13.1. The van der Waals surface area contributed by atoms with Crippen LogP contribution in [0.3, 0.4) is 0 Å². The highest BCUT2D eigenvalue weighted by Crippen LogP contribution is 2.32. The van der Waals surface area contributed by atoms with Crippen LogP contribution in [-0.2, 0) is 0 Å². The van der Waals surface area contributed by atoms with Gasteiger partial charge in [0.1, 0.15) is 0 Å². The van der Waals surface area contributed by atoms with Crippen LogP contribution in [0.15, 0.2) is 84.9 Å². The molecular formula is C28H26. The lowest BCUT2D eigenvalue weighted by Crippen LogP contribution is -1.89. The Morgan fingerprint density at radius 2 is 0.571 bits per heavy atom. The first-order valence-electron chi connectivity index (χ1n) is 9.88. The lowest BCUT2D eigenvalue weighted by molar-refractivity contribution is 1.37. The predicted octanol–water partition coefficient (Wildman–Crippen LogP) is 7.92. The van der Waals surface area contributed by atoms with Crippen LogP contribution in [0.5, 0.6) is 0 Å². The highest BCUT2D eigenvalue weighted by Gasteiger charge is 2.08. The van der Waals surface area contributed by atoms with Crippen molar-refractivity contribution in [2.24, 2.45) is 0 Å². The number of aryl methyl sites for hydroxylation is 4. The molecule has 138 valence electrons. The molecule has 0 aliphatic heterocycles. The van der Waals surface area contributed by atoms with Crippen LogP contribution in [0.1, 0.15) is 22.3 Å². The molecule has 0 aromatic heterocycles. The Labute approximate surface area is 168 Å². The van der Waals surface area contributed by atoms with E-state index in [4.69, 9.17) is 0 Å². The van der Waals surface area contributed by atoms with E-state index in [9.17, 15) is 0 Å². The van der Waals surface area contributed by atoms with Gasteiger partial charge in [-0.15, -0.1) is 0 Å². The van der Waals surface area contributed by atoms with Gasteiger partial charge in [-0.1, -0.05) is 84.9 Å². The Morgan fingerprint density at radius 1 is 0.321 bits per heavy atom. The fourth-order valence-electron chi connectivity index (χ4n) is 4.20. The smallest absolute Gasteiger partial charge is 0.0125 e. The van der Waals surface area contributed by atoms with Crippen molar-refractivity contribution in [2.75, 3.05) is 0 Å². The van der Waals surface area contributed by atoms with Crippen molar-refractivity contribution in [1.29, 1.82) is 0 Å². The number of hydrogen-bond donors (Lipinski definition) is 0. The van der Waals surface area contributed by atoms with Gasteiger partial charge in [-0.2, -0.15) is 0 Å². The molecule has 0 nitrogen and oxygen atoms in total. The highest BCUT2D eigenvalue weighted by atomic mass is 14.1. The molecule has 0 saturated carbocycles. The van der Waals surface area contributed by atoms with Crippen LogP contribution < -0.4 is 0 Å². The molecule has 0 spiro atoms. The maximum atomic E-state index is 2.24. The van der Waals surface area contributed by atoms with Crippen molar-refractivity contribution in [3.8, 4) is 33.4 Å². The monoisotopic (exact) mass is 362 g/mol. The highest BCUT2D eigenvalue weighted by molar-refractivity contribution is 5.77. The number of hydrogen-bond acceptors (Lipinski definition) is 0. The Kier molecular flexibility index (Phi) is 4.88. The van der Waals surface area contributed by atoms with Gasteiger partial charge in [-0.05, 0) is 83.3 Å².